The third-order valence-electron chi connectivity index (χ3n) is 12.2. The largest absolute Gasteiger partial charge is 0.544 e. The Labute approximate surface area is 256 Å². The van der Waals surface area contributed by atoms with Crippen molar-refractivity contribution in [3.8, 4) is 5.75 Å². The molecule has 2 saturated heterocycles. The van der Waals surface area contributed by atoms with Gasteiger partial charge in [-0.15, -0.1) is 0 Å². The van der Waals surface area contributed by atoms with Gasteiger partial charge in [0.15, 0.2) is 5.78 Å². The zero-order chi connectivity index (χ0) is 31.3. The van der Waals surface area contributed by atoms with E-state index in [-0.39, 0.29) is 53.0 Å². The summed E-state index contributed by atoms with van der Waals surface area (Å²) in [5, 5.41) is 0.119. The van der Waals surface area contributed by atoms with Crippen molar-refractivity contribution >= 4 is 26.0 Å². The number of hydrogen-bond donors (Lipinski definition) is 0. The molecule has 232 valence electrons. The van der Waals surface area contributed by atoms with E-state index in [2.05, 4.69) is 65.1 Å². The quantitative estimate of drug-likeness (QED) is 0.214. The number of fused-ring (bicyclic) bond motifs is 3. The second kappa shape index (κ2) is 9.90. The average Bonchev–Trinajstić information content (AvgIpc) is 3.41. The van der Waals surface area contributed by atoms with Crippen molar-refractivity contribution in [2.75, 3.05) is 7.11 Å². The predicted octanol–water partition coefficient (Wildman–Crippen LogP) is 6.53. The van der Waals surface area contributed by atoms with E-state index in [1.54, 1.807) is 6.08 Å². The van der Waals surface area contributed by atoms with E-state index in [1.165, 1.54) is 29.9 Å². The summed E-state index contributed by atoms with van der Waals surface area (Å²) < 4.78 is 24.7. The van der Waals surface area contributed by atoms with Crippen molar-refractivity contribution in [3.63, 3.8) is 0 Å². The molecule has 0 aromatic heterocycles. The third kappa shape index (κ3) is 4.41. The number of carbonyl (C=O) groups is 3. The molecule has 0 radical (unpaired) electrons. The van der Waals surface area contributed by atoms with E-state index in [0.717, 1.165) is 12.2 Å². The monoisotopic (exact) mass is 606 g/mol. The van der Waals surface area contributed by atoms with Gasteiger partial charge in [0, 0.05) is 23.7 Å². The van der Waals surface area contributed by atoms with Gasteiger partial charge in [0.1, 0.15) is 11.9 Å². The highest BCUT2D eigenvalue weighted by Crippen LogP contribution is 2.65. The fraction of sp³-hybridized carbons (Fsp3) is 0.629. The van der Waals surface area contributed by atoms with Crippen molar-refractivity contribution in [3.05, 3.63) is 53.1 Å². The topological polar surface area (TPSA) is 88.1 Å². The molecule has 3 fully saturated rings. The van der Waals surface area contributed by atoms with E-state index in [9.17, 15) is 14.4 Å². The van der Waals surface area contributed by atoms with Gasteiger partial charge in [-0.1, -0.05) is 51.5 Å². The second-order valence-corrected chi connectivity index (χ2v) is 20.1. The lowest BCUT2D eigenvalue weighted by Crippen LogP contribution is -2.65. The molecule has 0 amide bonds. The Hall–Kier alpha value is -2.71. The maximum absolute atomic E-state index is 13.7. The van der Waals surface area contributed by atoms with Crippen LogP contribution in [0.5, 0.6) is 5.75 Å². The van der Waals surface area contributed by atoms with Gasteiger partial charge in [0.2, 0.25) is 8.32 Å². The van der Waals surface area contributed by atoms with Crippen molar-refractivity contribution in [2.24, 2.45) is 28.6 Å². The second-order valence-electron chi connectivity index (χ2n) is 15.4. The number of carbonyl (C=O) groups excluding carboxylic acids is 3. The summed E-state index contributed by atoms with van der Waals surface area (Å²) in [5.74, 6) is -0.528. The molecule has 1 aromatic rings. The molecule has 1 aromatic carbocycles. The Morgan fingerprint density at radius 3 is 2.40 bits per heavy atom. The van der Waals surface area contributed by atoms with E-state index in [4.69, 9.17) is 18.6 Å². The van der Waals surface area contributed by atoms with Crippen molar-refractivity contribution < 1.29 is 33.0 Å². The van der Waals surface area contributed by atoms with Crippen LogP contribution in [0, 0.1) is 28.6 Å². The van der Waals surface area contributed by atoms with Gasteiger partial charge in [-0.3, -0.25) is 14.4 Å². The van der Waals surface area contributed by atoms with Crippen LogP contribution < -0.4 is 4.43 Å². The Morgan fingerprint density at radius 2 is 1.77 bits per heavy atom. The molecule has 0 unspecified atom stereocenters. The lowest BCUT2D eigenvalue weighted by Gasteiger charge is -2.58. The molecule has 5 aliphatic rings. The molecular formula is C35H46O7Si. The molecule has 2 heterocycles. The normalized spacial score (nSPS) is 38.3. The summed E-state index contributed by atoms with van der Waals surface area (Å²) in [6.45, 7) is 17.2. The van der Waals surface area contributed by atoms with Crippen LogP contribution in [0.15, 0.2) is 47.6 Å². The number of esters is 2. The first-order valence-corrected chi connectivity index (χ1v) is 18.6. The molecule has 0 N–H and O–H groups in total. The highest BCUT2D eigenvalue weighted by molar-refractivity contribution is 6.74. The number of methoxy groups -OCH3 is 1. The van der Waals surface area contributed by atoms with Crippen LogP contribution in [0.1, 0.15) is 72.3 Å². The molecule has 1 saturated carbocycles. The smallest absolute Gasteiger partial charge is 0.316 e. The minimum atomic E-state index is -1.94. The van der Waals surface area contributed by atoms with Crippen molar-refractivity contribution in [2.45, 2.75) is 103 Å². The minimum Gasteiger partial charge on any atom is -0.544 e. The summed E-state index contributed by atoms with van der Waals surface area (Å²) in [6, 6.07) is 8.52. The maximum Gasteiger partial charge on any atom is 0.316 e. The van der Waals surface area contributed by atoms with Gasteiger partial charge >= 0.3 is 11.9 Å². The fourth-order valence-electron chi connectivity index (χ4n) is 8.64. The first-order valence-electron chi connectivity index (χ1n) is 15.7. The molecule has 7 nitrogen and oxygen atoms in total. The summed E-state index contributed by atoms with van der Waals surface area (Å²) in [7, 11) is -0.559. The zero-order valence-corrected chi connectivity index (χ0v) is 28.0. The zero-order valence-electron chi connectivity index (χ0n) is 27.0. The third-order valence-corrected chi connectivity index (χ3v) is 16.5. The Bertz CT molecular complexity index is 1420. The number of ether oxygens (including phenoxy) is 3. The van der Waals surface area contributed by atoms with Gasteiger partial charge in [0.25, 0.3) is 0 Å². The van der Waals surface area contributed by atoms with Gasteiger partial charge in [-0.25, -0.2) is 0 Å². The van der Waals surface area contributed by atoms with Crippen LogP contribution >= 0.6 is 0 Å². The van der Waals surface area contributed by atoms with Crippen LogP contribution in [0.3, 0.4) is 0 Å². The maximum atomic E-state index is 13.7. The molecule has 43 heavy (non-hydrogen) atoms. The molecule has 2 aliphatic heterocycles. The number of ketones is 1. The average molecular weight is 607 g/mol. The van der Waals surface area contributed by atoms with Crippen molar-refractivity contribution in [1.29, 1.82) is 0 Å². The summed E-state index contributed by atoms with van der Waals surface area (Å²) in [4.78, 5) is 39.8. The highest BCUT2D eigenvalue weighted by Gasteiger charge is 2.73. The fourth-order valence-corrected chi connectivity index (χ4v) is 9.67. The van der Waals surface area contributed by atoms with Crippen LogP contribution in [0.4, 0.5) is 0 Å². The number of rotatable bonds is 5. The van der Waals surface area contributed by atoms with Crippen molar-refractivity contribution in [1.82, 2.24) is 0 Å². The van der Waals surface area contributed by atoms with E-state index in [0.29, 0.717) is 6.42 Å². The molecule has 6 rings (SSSR count). The summed E-state index contributed by atoms with van der Waals surface area (Å²) >= 11 is 0. The number of benzene rings is 1. The first-order chi connectivity index (χ1) is 20.0. The van der Waals surface area contributed by atoms with Crippen LogP contribution in [0.25, 0.3) is 0 Å². The standard InChI is InChI=1S/C35H46O7Si/c1-19-22(20-10-12-21(13-11-20)42-43(8,9)33(2,3)4)17-26-23(19)16-24-25(18-28(37)39-7)35(6)27(36)14-15-34(5)31(35)30(29(24)40-26)41-32(34)38/h10-15,22,24-26,29-31H,16-18H2,1-9H3/t22-,24+,25+,26-,29+,30+,31+,34-,35+/m1/s1. The molecule has 8 heteroatoms. The van der Waals surface area contributed by atoms with Gasteiger partial charge in [0.05, 0.1) is 24.7 Å². The van der Waals surface area contributed by atoms with Gasteiger partial charge in [-0.2, -0.15) is 0 Å². The minimum absolute atomic E-state index is 0.0530. The Morgan fingerprint density at radius 1 is 1.09 bits per heavy atom. The van der Waals surface area contributed by atoms with Crippen LogP contribution in [0.2, 0.25) is 18.1 Å². The first kappa shape index (κ1) is 30.3. The van der Waals surface area contributed by atoms with E-state index in [1.807, 2.05) is 13.8 Å². The van der Waals surface area contributed by atoms with Crippen LogP contribution in [-0.2, 0) is 28.6 Å². The highest BCUT2D eigenvalue weighted by atomic mass is 28.4. The lowest BCUT2D eigenvalue weighted by atomic mass is 9.45. The van der Waals surface area contributed by atoms with Gasteiger partial charge in [-0.05, 0) is 86.0 Å². The molecule has 0 spiro atoms. The Kier molecular flexibility index (Phi) is 6.98. The predicted molar refractivity (Wildman–Crippen MR) is 165 cm³/mol. The van der Waals surface area contributed by atoms with Gasteiger partial charge < -0.3 is 18.6 Å². The molecule has 0 bridgehead atoms. The summed E-state index contributed by atoms with van der Waals surface area (Å²) in [6.07, 6.45) is 3.83. The van der Waals surface area contributed by atoms with E-state index < -0.39 is 37.3 Å². The molecular weight excluding hydrogens is 560 g/mol. The van der Waals surface area contributed by atoms with Crippen LogP contribution in [-0.4, -0.2) is 51.5 Å². The number of hydrogen-bond acceptors (Lipinski definition) is 7. The number of allylic oxidation sites excluding steroid dienone is 2. The lowest BCUT2D eigenvalue weighted by molar-refractivity contribution is -0.204. The summed E-state index contributed by atoms with van der Waals surface area (Å²) in [5.41, 5.74) is 1.87. The molecule has 3 aliphatic carbocycles. The Balaban J connectivity index is 1.33. The SMILES string of the molecule is COC(=O)C[C@H]1[C@@H]2CC3=C(C)[C@H](c4ccc(O[Si](C)(C)C(C)(C)C)cc4)C[C@H]3O[C@@H]2[C@@H]2OC(=O)[C@]3(C)C=CC(=O)[C@@]1(C)[C@@H]23. The molecule has 9 atom stereocenters. The van der Waals surface area contributed by atoms with E-state index >= 15 is 0 Å².